The third-order valence-corrected chi connectivity index (χ3v) is 6.31. The fourth-order valence-electron chi connectivity index (χ4n) is 3.01. The maximum Gasteiger partial charge on any atom is 0.260 e. The predicted molar refractivity (Wildman–Crippen MR) is 83.9 cm³/mol. The van der Waals surface area contributed by atoms with Crippen molar-refractivity contribution in [2.75, 3.05) is 12.3 Å². The van der Waals surface area contributed by atoms with E-state index in [2.05, 4.69) is 9.71 Å². The quantitative estimate of drug-likeness (QED) is 0.796. The summed E-state index contributed by atoms with van der Waals surface area (Å²) in [6, 6.07) is 0. The fourth-order valence-corrected chi connectivity index (χ4v) is 5.07. The zero-order valence-corrected chi connectivity index (χ0v) is 13.4. The van der Waals surface area contributed by atoms with E-state index in [1.807, 2.05) is 0 Å². The smallest absolute Gasteiger partial charge is 0.260 e. The number of aromatic nitrogens is 2. The molecule has 2 aromatic heterocycles. The van der Waals surface area contributed by atoms with Crippen molar-refractivity contribution in [3.05, 3.63) is 11.6 Å². The first-order valence-corrected chi connectivity index (χ1v) is 9.65. The molecule has 1 fully saturated rings. The number of imidazole rings is 1. The van der Waals surface area contributed by atoms with Crippen molar-refractivity contribution in [3.63, 3.8) is 0 Å². The molecule has 21 heavy (non-hydrogen) atoms. The van der Waals surface area contributed by atoms with Crippen LogP contribution >= 0.6 is 11.3 Å². The lowest BCUT2D eigenvalue weighted by Crippen LogP contribution is -2.26. The lowest BCUT2D eigenvalue weighted by molar-refractivity contribution is 0.480. The summed E-state index contributed by atoms with van der Waals surface area (Å²) in [6.45, 7) is 0.454. The third kappa shape index (κ3) is 3.07. The molecular formula is C13H20N4O2S2. The number of thiazole rings is 1. The molecule has 0 aliphatic heterocycles. The maximum absolute atomic E-state index is 12.4. The van der Waals surface area contributed by atoms with Crippen molar-refractivity contribution in [1.29, 1.82) is 0 Å². The van der Waals surface area contributed by atoms with E-state index < -0.39 is 10.0 Å². The highest BCUT2D eigenvalue weighted by Gasteiger charge is 2.24. The summed E-state index contributed by atoms with van der Waals surface area (Å²) >= 11 is 1.36. The van der Waals surface area contributed by atoms with Gasteiger partial charge in [-0.15, -0.1) is 11.3 Å². The number of fused-ring (bicyclic) bond motifs is 1. The molecule has 1 saturated carbocycles. The summed E-state index contributed by atoms with van der Waals surface area (Å²) in [7, 11) is -3.61. The van der Waals surface area contributed by atoms with Gasteiger partial charge in [-0.3, -0.25) is 4.40 Å². The number of nitrogens with one attached hydrogen (secondary N) is 1. The van der Waals surface area contributed by atoms with E-state index in [1.54, 1.807) is 11.6 Å². The summed E-state index contributed by atoms with van der Waals surface area (Å²) in [5.74, 6) is 0.836. The Morgan fingerprint density at radius 3 is 2.95 bits per heavy atom. The Kier molecular flexibility index (Phi) is 4.19. The van der Waals surface area contributed by atoms with Crippen LogP contribution in [0.15, 0.2) is 16.6 Å². The van der Waals surface area contributed by atoms with Crippen LogP contribution in [0.2, 0.25) is 0 Å². The largest absolute Gasteiger partial charge is 0.381 e. The highest BCUT2D eigenvalue weighted by Crippen LogP contribution is 2.28. The molecule has 0 saturated heterocycles. The minimum atomic E-state index is -3.61. The Balaban J connectivity index is 1.63. The van der Waals surface area contributed by atoms with Crippen LogP contribution in [0.3, 0.4) is 0 Å². The first kappa shape index (κ1) is 14.8. The molecule has 8 heteroatoms. The molecule has 116 valence electrons. The van der Waals surface area contributed by atoms with Crippen molar-refractivity contribution >= 4 is 32.1 Å². The number of nitrogen functional groups attached to an aromatic ring is 1. The lowest BCUT2D eigenvalue weighted by atomic mass is 10.0. The van der Waals surface area contributed by atoms with Crippen molar-refractivity contribution < 1.29 is 8.42 Å². The topological polar surface area (TPSA) is 89.5 Å². The normalized spacial score (nSPS) is 17.0. The van der Waals surface area contributed by atoms with Gasteiger partial charge in [0.25, 0.3) is 10.0 Å². The number of hydrogen-bond donors (Lipinski definition) is 2. The van der Waals surface area contributed by atoms with E-state index in [0.717, 1.165) is 18.8 Å². The van der Waals surface area contributed by atoms with Crippen molar-refractivity contribution in [2.45, 2.75) is 43.6 Å². The van der Waals surface area contributed by atoms with Crippen LogP contribution < -0.4 is 10.5 Å². The SMILES string of the molecule is Nc1nc2sccn2c1S(=O)(=O)NCCCC1CCCC1. The molecule has 0 amide bonds. The summed E-state index contributed by atoms with van der Waals surface area (Å²) in [5, 5.41) is 1.85. The van der Waals surface area contributed by atoms with E-state index in [-0.39, 0.29) is 10.8 Å². The van der Waals surface area contributed by atoms with E-state index in [4.69, 9.17) is 5.73 Å². The monoisotopic (exact) mass is 328 g/mol. The molecule has 0 radical (unpaired) electrons. The van der Waals surface area contributed by atoms with E-state index >= 15 is 0 Å². The van der Waals surface area contributed by atoms with E-state index in [9.17, 15) is 8.42 Å². The second-order valence-corrected chi connectivity index (χ2v) is 8.10. The van der Waals surface area contributed by atoms with Crippen LogP contribution in [0.1, 0.15) is 38.5 Å². The van der Waals surface area contributed by atoms with Gasteiger partial charge in [-0.1, -0.05) is 25.7 Å². The summed E-state index contributed by atoms with van der Waals surface area (Å²) in [4.78, 5) is 4.67. The molecule has 2 aromatic rings. The average molecular weight is 328 g/mol. The zero-order valence-electron chi connectivity index (χ0n) is 11.8. The van der Waals surface area contributed by atoms with Gasteiger partial charge in [0.15, 0.2) is 15.8 Å². The molecule has 1 aliphatic carbocycles. The molecule has 0 atom stereocenters. The van der Waals surface area contributed by atoms with Gasteiger partial charge in [0.05, 0.1) is 0 Å². The Labute approximate surface area is 128 Å². The number of rotatable bonds is 6. The molecule has 0 spiro atoms. The molecule has 0 aromatic carbocycles. The number of nitrogens with two attached hydrogens (primary N) is 1. The molecule has 2 heterocycles. The van der Waals surface area contributed by atoms with Gasteiger partial charge in [0.1, 0.15) is 0 Å². The molecule has 3 N–H and O–H groups in total. The Hall–Kier alpha value is -1.12. The van der Waals surface area contributed by atoms with E-state index in [1.165, 1.54) is 41.4 Å². The second kappa shape index (κ2) is 5.94. The van der Waals surface area contributed by atoms with Gasteiger partial charge in [0, 0.05) is 18.1 Å². The molecule has 3 rings (SSSR count). The zero-order chi connectivity index (χ0) is 14.9. The Morgan fingerprint density at radius 1 is 1.43 bits per heavy atom. The van der Waals surface area contributed by atoms with Gasteiger partial charge in [-0.25, -0.2) is 18.1 Å². The number of hydrogen-bond acceptors (Lipinski definition) is 5. The van der Waals surface area contributed by atoms with Crippen LogP contribution in [0.25, 0.3) is 4.96 Å². The molecular weight excluding hydrogens is 308 g/mol. The van der Waals surface area contributed by atoms with Crippen LogP contribution in [0.5, 0.6) is 0 Å². The predicted octanol–water partition coefficient (Wildman–Crippen LogP) is 2.23. The summed E-state index contributed by atoms with van der Waals surface area (Å²) in [6.07, 6.45) is 8.86. The minimum Gasteiger partial charge on any atom is -0.381 e. The van der Waals surface area contributed by atoms with Crippen LogP contribution in [-0.2, 0) is 10.0 Å². The van der Waals surface area contributed by atoms with Gasteiger partial charge >= 0.3 is 0 Å². The standard InChI is InChI=1S/C13H20N4O2S2/c14-11-12(17-8-9-20-13(17)16-11)21(18,19)15-7-3-6-10-4-1-2-5-10/h8-10,15H,1-7,14H2. The Morgan fingerprint density at radius 2 is 2.19 bits per heavy atom. The number of sulfonamides is 1. The number of anilines is 1. The first-order chi connectivity index (χ1) is 10.1. The molecule has 0 unspecified atom stereocenters. The molecule has 0 bridgehead atoms. The maximum atomic E-state index is 12.4. The Bertz CT molecular complexity index is 714. The van der Waals surface area contributed by atoms with Crippen molar-refractivity contribution in [1.82, 2.24) is 14.1 Å². The summed E-state index contributed by atoms with van der Waals surface area (Å²) in [5.41, 5.74) is 5.74. The second-order valence-electron chi connectivity index (χ2n) is 5.55. The van der Waals surface area contributed by atoms with Crippen LogP contribution in [0.4, 0.5) is 5.82 Å². The average Bonchev–Trinajstić information content (AvgIpc) is 3.10. The highest BCUT2D eigenvalue weighted by atomic mass is 32.2. The molecule has 1 aliphatic rings. The van der Waals surface area contributed by atoms with Crippen molar-refractivity contribution in [3.8, 4) is 0 Å². The minimum absolute atomic E-state index is 0.0552. The number of nitrogens with zero attached hydrogens (tertiary/aromatic N) is 2. The summed E-state index contributed by atoms with van der Waals surface area (Å²) < 4.78 is 28.9. The lowest BCUT2D eigenvalue weighted by Gasteiger charge is -2.09. The van der Waals surface area contributed by atoms with Crippen LogP contribution in [0, 0.1) is 5.92 Å². The van der Waals surface area contributed by atoms with Crippen molar-refractivity contribution in [2.24, 2.45) is 5.92 Å². The van der Waals surface area contributed by atoms with E-state index in [0.29, 0.717) is 11.5 Å². The van der Waals surface area contributed by atoms with Crippen LogP contribution in [-0.4, -0.2) is 24.3 Å². The first-order valence-electron chi connectivity index (χ1n) is 7.28. The highest BCUT2D eigenvalue weighted by molar-refractivity contribution is 7.89. The fraction of sp³-hybridized carbons (Fsp3) is 0.615. The molecule has 6 nitrogen and oxygen atoms in total. The van der Waals surface area contributed by atoms with Gasteiger partial charge in [-0.05, 0) is 18.8 Å². The van der Waals surface area contributed by atoms with Gasteiger partial charge < -0.3 is 5.73 Å². The van der Waals surface area contributed by atoms with Gasteiger partial charge in [-0.2, -0.15) is 0 Å². The third-order valence-electron chi connectivity index (χ3n) is 4.05. The van der Waals surface area contributed by atoms with Gasteiger partial charge in [0.2, 0.25) is 0 Å².